The van der Waals surface area contributed by atoms with Gasteiger partial charge in [0, 0.05) is 37.8 Å². The summed E-state index contributed by atoms with van der Waals surface area (Å²) >= 11 is 6.56. The molecule has 2 aromatic heterocycles. The average molecular weight is 538 g/mol. The molecule has 3 aromatic rings. The number of aromatic amines is 1. The third kappa shape index (κ3) is 4.67. The molecule has 1 amide bonds. The number of likely N-dealkylation sites (N-methyl/N-ethyl adjacent to an activating group) is 1. The summed E-state index contributed by atoms with van der Waals surface area (Å²) in [5.41, 5.74) is 2.77. The van der Waals surface area contributed by atoms with Crippen molar-refractivity contribution in [2.75, 3.05) is 51.3 Å². The predicted molar refractivity (Wildman–Crippen MR) is 145 cm³/mol. The summed E-state index contributed by atoms with van der Waals surface area (Å²) < 4.78 is 12.7. The number of H-pyrrole nitrogens is 1. The molecule has 1 N–H and O–H groups in total. The highest BCUT2D eigenvalue weighted by Gasteiger charge is 2.34. The number of fused-ring (bicyclic) bond motifs is 2. The van der Waals surface area contributed by atoms with Crippen LogP contribution in [0.4, 0.5) is 5.82 Å². The minimum Gasteiger partial charge on any atom is -0.482 e. The lowest BCUT2D eigenvalue weighted by atomic mass is 10.2. The molecule has 0 radical (unpaired) electrons. The van der Waals surface area contributed by atoms with Gasteiger partial charge in [-0.3, -0.25) is 9.89 Å². The summed E-state index contributed by atoms with van der Waals surface area (Å²) in [5.74, 6) is 1.43. The number of amides is 1. The Kier molecular flexibility index (Phi) is 6.84. The fourth-order valence-electron chi connectivity index (χ4n) is 5.68. The van der Waals surface area contributed by atoms with Crippen LogP contribution < -0.4 is 14.4 Å². The fraction of sp³-hybridized carbons (Fsp3) is 0.481. The maximum Gasteiger partial charge on any atom is 0.318 e. The van der Waals surface area contributed by atoms with Gasteiger partial charge in [0.05, 0.1) is 27.8 Å². The molecular formula is C27H32ClN7O3. The molecule has 0 bridgehead atoms. The molecule has 2 unspecified atom stereocenters. The molecule has 10 nitrogen and oxygen atoms in total. The summed E-state index contributed by atoms with van der Waals surface area (Å²) in [5, 5.41) is 8.50. The van der Waals surface area contributed by atoms with Gasteiger partial charge in [0.1, 0.15) is 24.3 Å². The zero-order valence-corrected chi connectivity index (χ0v) is 22.3. The number of hydrogen-bond acceptors (Lipinski definition) is 8. The SMILES string of the molecule is C=CC(=O)N1CCN(c2nc(OCC3CCCN3C)nc3c2CCC3Oc2c(Cl)ccc3[nH]ncc23)CC1. The standard InChI is InChI=1S/C27H32ClN7O3/c1-3-23(36)34-11-13-35(14-12-34)26-18-6-9-22(38-25-19-15-29-32-21(19)8-7-20(25)28)24(18)30-27(31-26)37-16-17-5-4-10-33(17)2/h3,7-8,15,17,22H,1,4-6,9-14,16H2,2H3,(H,29,32). The Bertz CT molecular complexity index is 1350. The highest BCUT2D eigenvalue weighted by atomic mass is 35.5. The van der Waals surface area contributed by atoms with E-state index in [2.05, 4.69) is 33.6 Å². The number of carbonyl (C=O) groups is 1. The van der Waals surface area contributed by atoms with Gasteiger partial charge in [-0.05, 0) is 57.5 Å². The number of piperazine rings is 1. The molecule has 2 saturated heterocycles. The molecule has 1 aromatic carbocycles. The van der Waals surface area contributed by atoms with Crippen molar-refractivity contribution in [2.24, 2.45) is 0 Å². The van der Waals surface area contributed by atoms with E-state index >= 15 is 0 Å². The molecule has 38 heavy (non-hydrogen) atoms. The fourth-order valence-corrected chi connectivity index (χ4v) is 5.89. The molecule has 1 aliphatic carbocycles. The predicted octanol–water partition coefficient (Wildman–Crippen LogP) is 3.38. The number of rotatable bonds is 7. The lowest BCUT2D eigenvalue weighted by Gasteiger charge is -2.35. The Morgan fingerprint density at radius 2 is 2.05 bits per heavy atom. The van der Waals surface area contributed by atoms with Crippen molar-refractivity contribution >= 4 is 34.2 Å². The van der Waals surface area contributed by atoms with Gasteiger partial charge in [0.25, 0.3) is 0 Å². The second-order valence-electron chi connectivity index (χ2n) is 10.2. The van der Waals surface area contributed by atoms with E-state index in [0.717, 1.165) is 53.8 Å². The molecule has 2 aliphatic heterocycles. The van der Waals surface area contributed by atoms with Crippen molar-refractivity contribution in [1.82, 2.24) is 30.0 Å². The van der Waals surface area contributed by atoms with Crippen LogP contribution in [0.25, 0.3) is 10.9 Å². The van der Waals surface area contributed by atoms with Crippen LogP contribution in [0.5, 0.6) is 11.8 Å². The zero-order valence-electron chi connectivity index (χ0n) is 21.5. The lowest BCUT2D eigenvalue weighted by Crippen LogP contribution is -2.48. The second kappa shape index (κ2) is 10.4. The number of benzene rings is 1. The van der Waals surface area contributed by atoms with Gasteiger partial charge in [-0.1, -0.05) is 18.2 Å². The first-order chi connectivity index (χ1) is 18.5. The number of hydrogen-bond donors (Lipinski definition) is 1. The van der Waals surface area contributed by atoms with Crippen LogP contribution in [-0.4, -0.2) is 88.3 Å². The molecule has 4 heterocycles. The minimum atomic E-state index is -0.287. The molecule has 2 fully saturated rings. The van der Waals surface area contributed by atoms with E-state index < -0.39 is 0 Å². The highest BCUT2D eigenvalue weighted by Crippen LogP contribution is 2.42. The van der Waals surface area contributed by atoms with Crippen molar-refractivity contribution in [1.29, 1.82) is 0 Å². The first-order valence-corrected chi connectivity index (χ1v) is 13.6. The maximum atomic E-state index is 12.1. The minimum absolute atomic E-state index is 0.0407. The Morgan fingerprint density at radius 3 is 2.82 bits per heavy atom. The average Bonchev–Trinajstić information content (AvgIpc) is 3.68. The molecule has 11 heteroatoms. The van der Waals surface area contributed by atoms with E-state index in [4.69, 9.17) is 31.0 Å². The Morgan fingerprint density at radius 1 is 1.21 bits per heavy atom. The van der Waals surface area contributed by atoms with E-state index in [0.29, 0.717) is 55.6 Å². The first-order valence-electron chi connectivity index (χ1n) is 13.2. The summed E-state index contributed by atoms with van der Waals surface area (Å²) in [6.07, 6.45) is 6.63. The highest BCUT2D eigenvalue weighted by molar-refractivity contribution is 6.33. The third-order valence-electron chi connectivity index (χ3n) is 7.89. The quantitative estimate of drug-likeness (QED) is 0.458. The topological polar surface area (TPSA) is 99.7 Å². The van der Waals surface area contributed by atoms with E-state index in [-0.39, 0.29) is 12.0 Å². The molecule has 0 spiro atoms. The van der Waals surface area contributed by atoms with Crippen LogP contribution >= 0.6 is 11.6 Å². The van der Waals surface area contributed by atoms with Crippen molar-refractivity contribution in [3.05, 3.63) is 47.3 Å². The van der Waals surface area contributed by atoms with Gasteiger partial charge in [0.15, 0.2) is 0 Å². The number of nitrogens with zero attached hydrogens (tertiary/aromatic N) is 6. The molecular weight excluding hydrogens is 506 g/mol. The van der Waals surface area contributed by atoms with Gasteiger partial charge in [-0.15, -0.1) is 0 Å². The van der Waals surface area contributed by atoms with Crippen LogP contribution in [0.15, 0.2) is 31.0 Å². The number of carbonyl (C=O) groups excluding carboxylic acids is 1. The molecule has 200 valence electrons. The van der Waals surface area contributed by atoms with Gasteiger partial charge >= 0.3 is 6.01 Å². The third-order valence-corrected chi connectivity index (χ3v) is 8.18. The second-order valence-corrected chi connectivity index (χ2v) is 10.6. The van der Waals surface area contributed by atoms with Crippen LogP contribution in [0.1, 0.15) is 36.6 Å². The Balaban J connectivity index is 1.30. The molecule has 0 saturated carbocycles. The van der Waals surface area contributed by atoms with Gasteiger partial charge < -0.3 is 24.2 Å². The van der Waals surface area contributed by atoms with Crippen molar-refractivity contribution in [2.45, 2.75) is 37.8 Å². The van der Waals surface area contributed by atoms with Crippen molar-refractivity contribution in [3.63, 3.8) is 0 Å². The van der Waals surface area contributed by atoms with Crippen molar-refractivity contribution in [3.8, 4) is 11.8 Å². The molecule has 3 aliphatic rings. The first kappa shape index (κ1) is 24.9. The largest absolute Gasteiger partial charge is 0.482 e. The van der Waals surface area contributed by atoms with E-state index in [1.54, 1.807) is 6.20 Å². The lowest BCUT2D eigenvalue weighted by molar-refractivity contribution is -0.126. The normalized spacial score (nSPS) is 21.6. The van der Waals surface area contributed by atoms with Crippen LogP contribution in [0, 0.1) is 0 Å². The maximum absolute atomic E-state index is 12.1. The number of anilines is 1. The van der Waals surface area contributed by atoms with E-state index in [9.17, 15) is 4.79 Å². The van der Waals surface area contributed by atoms with Gasteiger partial charge in [-0.25, -0.2) is 0 Å². The summed E-state index contributed by atoms with van der Waals surface area (Å²) in [4.78, 5) is 28.3. The summed E-state index contributed by atoms with van der Waals surface area (Å²) in [6.45, 7) is 7.83. The monoisotopic (exact) mass is 537 g/mol. The molecule has 6 rings (SSSR count). The molecule has 2 atom stereocenters. The number of ether oxygens (including phenoxy) is 2. The van der Waals surface area contributed by atoms with Crippen molar-refractivity contribution < 1.29 is 14.3 Å². The Hall–Kier alpha value is -3.37. The van der Waals surface area contributed by atoms with E-state index in [1.807, 2.05) is 17.0 Å². The van der Waals surface area contributed by atoms with Crippen LogP contribution in [-0.2, 0) is 11.2 Å². The van der Waals surface area contributed by atoms with Crippen LogP contribution in [0.3, 0.4) is 0 Å². The Labute approximate surface area is 226 Å². The van der Waals surface area contributed by atoms with E-state index in [1.165, 1.54) is 12.5 Å². The number of aromatic nitrogens is 4. The van der Waals surface area contributed by atoms with Crippen LogP contribution in [0.2, 0.25) is 5.02 Å². The number of nitrogens with one attached hydrogen (secondary N) is 1. The van der Waals surface area contributed by atoms with Gasteiger partial charge in [0.2, 0.25) is 5.91 Å². The number of likely N-dealkylation sites (tertiary alicyclic amines) is 1. The smallest absolute Gasteiger partial charge is 0.318 e. The van der Waals surface area contributed by atoms with Gasteiger partial charge in [-0.2, -0.15) is 15.1 Å². The summed E-state index contributed by atoms with van der Waals surface area (Å²) in [6, 6.07) is 4.43. The number of halogens is 1. The zero-order chi connectivity index (χ0) is 26.2. The summed E-state index contributed by atoms with van der Waals surface area (Å²) in [7, 11) is 2.13.